The molecule has 2 aromatic rings. The number of thiazole rings is 1. The van der Waals surface area contributed by atoms with Crippen LogP contribution in [0.25, 0.3) is 0 Å². The number of rotatable bonds is 6. The highest BCUT2D eigenvalue weighted by atomic mass is 32.1. The second-order valence-corrected chi connectivity index (χ2v) is 10.7. The van der Waals surface area contributed by atoms with Crippen LogP contribution >= 0.6 is 11.3 Å². The maximum atomic E-state index is 12.9. The smallest absolute Gasteiger partial charge is 0.261 e. The van der Waals surface area contributed by atoms with Crippen molar-refractivity contribution in [3.05, 3.63) is 49.8 Å². The van der Waals surface area contributed by atoms with Crippen LogP contribution < -0.4 is 10.9 Å². The first kappa shape index (κ1) is 19.9. The highest BCUT2D eigenvalue weighted by Crippen LogP contribution is 2.53. The van der Waals surface area contributed by atoms with Gasteiger partial charge >= 0.3 is 0 Å². The van der Waals surface area contributed by atoms with E-state index < -0.39 is 0 Å². The van der Waals surface area contributed by atoms with E-state index in [1.165, 1.54) is 32.1 Å². The Bertz CT molecular complexity index is 969. The number of aryl methyl sites for hydroxylation is 1. The molecule has 0 unspecified atom stereocenters. The fourth-order valence-corrected chi connectivity index (χ4v) is 6.88. The third kappa shape index (κ3) is 3.97. The molecule has 160 valence electrons. The van der Waals surface area contributed by atoms with Crippen molar-refractivity contribution < 1.29 is 4.79 Å². The summed E-state index contributed by atoms with van der Waals surface area (Å²) in [6, 6.07) is 3.79. The number of carbonyl (C=O) groups is 1. The van der Waals surface area contributed by atoms with Gasteiger partial charge < -0.3 is 10.3 Å². The van der Waals surface area contributed by atoms with E-state index in [0.717, 1.165) is 34.8 Å². The number of carbonyl (C=O) groups excluding carboxylic acids is 1. The lowest BCUT2D eigenvalue weighted by Gasteiger charge is -2.54. The van der Waals surface area contributed by atoms with Crippen molar-refractivity contribution in [1.82, 2.24) is 20.2 Å². The molecule has 6 nitrogen and oxygen atoms in total. The molecule has 0 aromatic carbocycles. The van der Waals surface area contributed by atoms with Gasteiger partial charge in [0.15, 0.2) is 0 Å². The summed E-state index contributed by atoms with van der Waals surface area (Å²) in [6.07, 6.45) is 6.39. The largest absolute Gasteiger partial charge is 0.349 e. The lowest BCUT2D eigenvalue weighted by molar-refractivity contribution is -0.0119. The van der Waals surface area contributed by atoms with Crippen LogP contribution in [0.15, 0.2) is 22.3 Å². The molecule has 1 amide bonds. The Morgan fingerprint density at radius 1 is 1.17 bits per heavy atom. The van der Waals surface area contributed by atoms with E-state index in [4.69, 9.17) is 0 Å². The first-order valence-corrected chi connectivity index (χ1v) is 11.9. The molecule has 6 rings (SSSR count). The number of aromatic amines is 1. The molecule has 30 heavy (non-hydrogen) atoms. The van der Waals surface area contributed by atoms with Gasteiger partial charge in [-0.25, -0.2) is 4.98 Å². The third-order valence-corrected chi connectivity index (χ3v) is 8.10. The Morgan fingerprint density at radius 3 is 2.47 bits per heavy atom. The SMILES string of the molecule is Cc1nc(CN(C)Cc2ccc(C(=O)NC3C4CC5CC(C4)CC3C5)c(=O)[nH]2)cs1. The lowest BCUT2D eigenvalue weighted by Crippen LogP contribution is -2.56. The van der Waals surface area contributed by atoms with Crippen molar-refractivity contribution in [2.24, 2.45) is 23.7 Å². The van der Waals surface area contributed by atoms with Gasteiger partial charge in [0, 0.05) is 30.2 Å². The van der Waals surface area contributed by atoms with E-state index in [2.05, 4.69) is 25.6 Å². The second-order valence-electron chi connectivity index (χ2n) is 9.69. The van der Waals surface area contributed by atoms with Crippen LogP contribution in [0.4, 0.5) is 0 Å². The van der Waals surface area contributed by atoms with Gasteiger partial charge in [0.25, 0.3) is 11.5 Å². The zero-order valence-electron chi connectivity index (χ0n) is 17.7. The van der Waals surface area contributed by atoms with Gasteiger partial charge in [0.2, 0.25) is 0 Å². The Hall–Kier alpha value is -1.99. The van der Waals surface area contributed by atoms with Crippen molar-refractivity contribution in [3.8, 4) is 0 Å². The number of H-pyrrole nitrogens is 1. The first-order chi connectivity index (χ1) is 14.4. The quantitative estimate of drug-likeness (QED) is 0.743. The Labute approximate surface area is 181 Å². The topological polar surface area (TPSA) is 78.1 Å². The normalized spacial score (nSPS) is 29.5. The summed E-state index contributed by atoms with van der Waals surface area (Å²) < 4.78 is 0. The van der Waals surface area contributed by atoms with Crippen molar-refractivity contribution in [1.29, 1.82) is 0 Å². The number of nitrogens with zero attached hydrogens (tertiary/aromatic N) is 2. The highest BCUT2D eigenvalue weighted by Gasteiger charge is 2.48. The van der Waals surface area contributed by atoms with Gasteiger partial charge in [-0.1, -0.05) is 0 Å². The van der Waals surface area contributed by atoms with E-state index in [0.29, 0.717) is 18.4 Å². The zero-order chi connectivity index (χ0) is 20.8. The average Bonchev–Trinajstić information content (AvgIpc) is 3.08. The predicted molar refractivity (Wildman–Crippen MR) is 117 cm³/mol. The fourth-order valence-electron chi connectivity index (χ4n) is 6.28. The fraction of sp³-hybridized carbons (Fsp3) is 0.609. The lowest BCUT2D eigenvalue weighted by atomic mass is 9.54. The molecule has 2 heterocycles. The van der Waals surface area contributed by atoms with Crippen LogP contribution in [0.1, 0.15) is 58.9 Å². The van der Waals surface area contributed by atoms with Crippen molar-refractivity contribution in [3.63, 3.8) is 0 Å². The van der Waals surface area contributed by atoms with Crippen LogP contribution in [0.5, 0.6) is 0 Å². The molecule has 0 aliphatic heterocycles. The monoisotopic (exact) mass is 426 g/mol. The first-order valence-electron chi connectivity index (χ1n) is 11.1. The summed E-state index contributed by atoms with van der Waals surface area (Å²) in [4.78, 5) is 35.0. The summed E-state index contributed by atoms with van der Waals surface area (Å²) in [5, 5.41) is 6.36. The summed E-state index contributed by atoms with van der Waals surface area (Å²) in [7, 11) is 2.00. The Balaban J connectivity index is 1.22. The molecular formula is C23H30N4O2S. The van der Waals surface area contributed by atoms with E-state index in [-0.39, 0.29) is 23.1 Å². The summed E-state index contributed by atoms with van der Waals surface area (Å²) in [6.45, 7) is 3.32. The number of nitrogens with one attached hydrogen (secondary N) is 2. The minimum absolute atomic E-state index is 0.216. The number of pyridine rings is 1. The van der Waals surface area contributed by atoms with Crippen LogP contribution in [0, 0.1) is 30.6 Å². The third-order valence-electron chi connectivity index (χ3n) is 7.28. The number of hydrogen-bond donors (Lipinski definition) is 2. The number of aromatic nitrogens is 2. The van der Waals surface area contributed by atoms with E-state index >= 15 is 0 Å². The van der Waals surface area contributed by atoms with E-state index in [1.807, 2.05) is 20.0 Å². The standard InChI is InChI=1S/C23H30N4O2S/c1-13-24-19(12-30-13)11-27(2)10-18-3-4-20(22(28)25-18)23(29)26-21-16-6-14-5-15(8-16)9-17(21)7-14/h3-4,12,14-17,21H,5-11H2,1-2H3,(H,25,28)(H,26,29). The van der Waals surface area contributed by atoms with Crippen molar-refractivity contribution >= 4 is 17.2 Å². The summed E-state index contributed by atoms with van der Waals surface area (Å²) in [5.74, 6) is 2.73. The molecule has 2 aromatic heterocycles. The molecule has 0 radical (unpaired) electrons. The second kappa shape index (κ2) is 7.93. The molecule has 4 fully saturated rings. The van der Waals surface area contributed by atoms with Gasteiger partial charge in [-0.3, -0.25) is 14.5 Å². The molecule has 4 aliphatic carbocycles. The number of hydrogen-bond acceptors (Lipinski definition) is 5. The Morgan fingerprint density at radius 2 is 1.87 bits per heavy atom. The van der Waals surface area contributed by atoms with Gasteiger partial charge in [-0.15, -0.1) is 11.3 Å². The van der Waals surface area contributed by atoms with Crippen LogP contribution in [0.3, 0.4) is 0 Å². The molecule has 2 N–H and O–H groups in total. The van der Waals surface area contributed by atoms with E-state index in [1.54, 1.807) is 17.4 Å². The molecule has 0 atom stereocenters. The molecule has 4 aliphatic rings. The van der Waals surface area contributed by atoms with Crippen molar-refractivity contribution in [2.45, 2.75) is 58.2 Å². The van der Waals surface area contributed by atoms with Gasteiger partial charge in [0.05, 0.1) is 10.7 Å². The van der Waals surface area contributed by atoms with Gasteiger partial charge in [-0.05, 0) is 81.9 Å². The van der Waals surface area contributed by atoms with Crippen molar-refractivity contribution in [2.75, 3.05) is 7.05 Å². The minimum atomic E-state index is -0.299. The van der Waals surface area contributed by atoms with E-state index in [9.17, 15) is 9.59 Å². The summed E-state index contributed by atoms with van der Waals surface area (Å²) in [5.41, 5.74) is 1.77. The predicted octanol–water partition coefficient (Wildman–Crippen LogP) is 3.33. The summed E-state index contributed by atoms with van der Waals surface area (Å²) >= 11 is 1.64. The maximum Gasteiger partial charge on any atom is 0.261 e. The van der Waals surface area contributed by atoms with Crippen LogP contribution in [-0.4, -0.2) is 33.9 Å². The zero-order valence-corrected chi connectivity index (χ0v) is 18.5. The molecule has 4 saturated carbocycles. The van der Waals surface area contributed by atoms with Crippen LogP contribution in [-0.2, 0) is 13.1 Å². The Kier molecular flexibility index (Phi) is 5.27. The molecular weight excluding hydrogens is 396 g/mol. The van der Waals surface area contributed by atoms with Crippen LogP contribution in [0.2, 0.25) is 0 Å². The highest BCUT2D eigenvalue weighted by molar-refractivity contribution is 7.09. The average molecular weight is 427 g/mol. The van der Waals surface area contributed by atoms with Gasteiger partial charge in [0.1, 0.15) is 5.56 Å². The molecule has 4 bridgehead atoms. The van der Waals surface area contributed by atoms with Gasteiger partial charge in [-0.2, -0.15) is 0 Å². The maximum absolute atomic E-state index is 12.9. The molecule has 0 saturated heterocycles. The number of amides is 1. The molecule has 0 spiro atoms. The minimum Gasteiger partial charge on any atom is -0.349 e. The molecule has 7 heteroatoms.